The van der Waals surface area contributed by atoms with Gasteiger partial charge in [0.05, 0.1) is 6.61 Å². The zero-order valence-corrected chi connectivity index (χ0v) is 12.6. The van der Waals surface area contributed by atoms with Crippen LogP contribution in [0, 0.1) is 0 Å². The number of hydrogen-bond acceptors (Lipinski definition) is 3. The van der Waals surface area contributed by atoms with Crippen LogP contribution in [0.4, 0.5) is 0 Å². The van der Waals surface area contributed by atoms with Crippen molar-refractivity contribution in [2.75, 3.05) is 26.0 Å². The van der Waals surface area contributed by atoms with E-state index in [1.807, 2.05) is 0 Å². The minimum atomic E-state index is -0.167. The Morgan fingerprint density at radius 3 is 2.50 bits per heavy atom. The molecule has 0 radical (unpaired) electrons. The van der Waals surface area contributed by atoms with E-state index < -0.39 is 0 Å². The van der Waals surface area contributed by atoms with Gasteiger partial charge in [-0.3, -0.25) is 4.90 Å². The third-order valence-corrected chi connectivity index (χ3v) is 4.48. The van der Waals surface area contributed by atoms with Crippen molar-refractivity contribution in [3.8, 4) is 0 Å². The van der Waals surface area contributed by atoms with Crippen LogP contribution >= 0.6 is 11.8 Å². The standard InChI is InChI=1S/C15H23NOS/c1-12(2)16-9-10-17-15(3,11-16)13-5-7-14(18-4)8-6-13/h5-8,12H,9-11H2,1-4H3. The highest BCUT2D eigenvalue weighted by molar-refractivity contribution is 7.98. The number of benzene rings is 1. The van der Waals surface area contributed by atoms with Gasteiger partial charge in [-0.15, -0.1) is 11.8 Å². The molecule has 0 N–H and O–H groups in total. The van der Waals surface area contributed by atoms with Crippen LogP contribution in [0.2, 0.25) is 0 Å². The van der Waals surface area contributed by atoms with Gasteiger partial charge in [0.15, 0.2) is 0 Å². The van der Waals surface area contributed by atoms with Gasteiger partial charge in [0.25, 0.3) is 0 Å². The molecule has 2 rings (SSSR count). The maximum Gasteiger partial charge on any atom is 0.103 e. The Bertz CT molecular complexity index is 390. The van der Waals surface area contributed by atoms with Crippen molar-refractivity contribution in [1.29, 1.82) is 0 Å². The van der Waals surface area contributed by atoms with E-state index in [0.29, 0.717) is 6.04 Å². The van der Waals surface area contributed by atoms with E-state index >= 15 is 0 Å². The number of nitrogens with zero attached hydrogens (tertiary/aromatic N) is 1. The first-order valence-corrected chi connectivity index (χ1v) is 7.80. The summed E-state index contributed by atoms with van der Waals surface area (Å²) in [6.45, 7) is 9.54. The first kappa shape index (κ1) is 13.9. The summed E-state index contributed by atoms with van der Waals surface area (Å²) in [5, 5.41) is 0. The molecule has 2 nitrogen and oxygen atoms in total. The molecule has 0 bridgehead atoms. The van der Waals surface area contributed by atoms with Crippen LogP contribution in [0.3, 0.4) is 0 Å². The molecule has 100 valence electrons. The topological polar surface area (TPSA) is 12.5 Å². The van der Waals surface area contributed by atoms with Crippen LogP contribution in [0.25, 0.3) is 0 Å². The normalized spacial score (nSPS) is 25.6. The average Bonchev–Trinajstić information content (AvgIpc) is 2.39. The predicted molar refractivity (Wildman–Crippen MR) is 78.2 cm³/mol. The summed E-state index contributed by atoms with van der Waals surface area (Å²) in [6, 6.07) is 9.36. The molecule has 1 fully saturated rings. The largest absolute Gasteiger partial charge is 0.368 e. The molecular formula is C15H23NOS. The molecule has 1 unspecified atom stereocenters. The number of thioether (sulfide) groups is 1. The van der Waals surface area contributed by atoms with Crippen LogP contribution < -0.4 is 0 Å². The lowest BCUT2D eigenvalue weighted by Crippen LogP contribution is -2.50. The van der Waals surface area contributed by atoms with Gasteiger partial charge in [-0.25, -0.2) is 0 Å². The molecular weight excluding hydrogens is 242 g/mol. The quantitative estimate of drug-likeness (QED) is 0.778. The number of rotatable bonds is 3. The molecule has 1 atom stereocenters. The lowest BCUT2D eigenvalue weighted by Gasteiger charge is -2.42. The SMILES string of the molecule is CSc1ccc(C2(C)CN(C(C)C)CCO2)cc1. The highest BCUT2D eigenvalue weighted by Crippen LogP contribution is 2.31. The fourth-order valence-corrected chi connectivity index (χ4v) is 2.87. The minimum absolute atomic E-state index is 0.167. The summed E-state index contributed by atoms with van der Waals surface area (Å²) in [5.74, 6) is 0. The van der Waals surface area contributed by atoms with Gasteiger partial charge in [-0.2, -0.15) is 0 Å². The zero-order chi connectivity index (χ0) is 13.2. The van der Waals surface area contributed by atoms with Crippen LogP contribution in [0.15, 0.2) is 29.2 Å². The Morgan fingerprint density at radius 1 is 1.28 bits per heavy atom. The molecule has 0 saturated carbocycles. The van der Waals surface area contributed by atoms with Gasteiger partial charge in [-0.05, 0) is 44.7 Å². The zero-order valence-electron chi connectivity index (χ0n) is 11.8. The van der Waals surface area contributed by atoms with Crippen molar-refractivity contribution in [3.05, 3.63) is 29.8 Å². The van der Waals surface area contributed by atoms with Gasteiger partial charge >= 0.3 is 0 Å². The van der Waals surface area contributed by atoms with E-state index in [1.54, 1.807) is 11.8 Å². The second-order valence-corrected chi connectivity index (χ2v) is 6.25. The van der Waals surface area contributed by atoms with Gasteiger partial charge in [0.1, 0.15) is 5.60 Å². The van der Waals surface area contributed by atoms with Crippen LogP contribution in [-0.4, -0.2) is 36.9 Å². The molecule has 1 aromatic carbocycles. The van der Waals surface area contributed by atoms with Crippen LogP contribution in [-0.2, 0) is 10.3 Å². The van der Waals surface area contributed by atoms with E-state index in [2.05, 4.69) is 56.2 Å². The second kappa shape index (κ2) is 5.64. The van der Waals surface area contributed by atoms with Gasteiger partial charge < -0.3 is 4.74 Å². The van der Waals surface area contributed by atoms with Gasteiger partial charge in [0, 0.05) is 24.0 Å². The van der Waals surface area contributed by atoms with E-state index in [0.717, 1.165) is 19.7 Å². The van der Waals surface area contributed by atoms with Crippen molar-refractivity contribution in [2.24, 2.45) is 0 Å². The summed E-state index contributed by atoms with van der Waals surface area (Å²) in [4.78, 5) is 3.80. The van der Waals surface area contributed by atoms with Crippen molar-refractivity contribution < 1.29 is 4.74 Å². The van der Waals surface area contributed by atoms with Crippen molar-refractivity contribution in [3.63, 3.8) is 0 Å². The highest BCUT2D eigenvalue weighted by Gasteiger charge is 2.34. The van der Waals surface area contributed by atoms with Crippen molar-refractivity contribution in [1.82, 2.24) is 4.90 Å². The second-order valence-electron chi connectivity index (χ2n) is 5.37. The molecule has 1 heterocycles. The Kier molecular flexibility index (Phi) is 4.36. The number of ether oxygens (including phenoxy) is 1. The van der Waals surface area contributed by atoms with Crippen LogP contribution in [0.5, 0.6) is 0 Å². The Morgan fingerprint density at radius 2 is 1.94 bits per heavy atom. The molecule has 1 aliphatic rings. The van der Waals surface area contributed by atoms with Gasteiger partial charge in [0.2, 0.25) is 0 Å². The van der Waals surface area contributed by atoms with Crippen LogP contribution in [0.1, 0.15) is 26.3 Å². The molecule has 0 spiro atoms. The van der Waals surface area contributed by atoms with E-state index in [9.17, 15) is 0 Å². The summed E-state index contributed by atoms with van der Waals surface area (Å²) in [6.07, 6.45) is 2.11. The molecule has 1 aromatic rings. The molecule has 1 aliphatic heterocycles. The summed E-state index contributed by atoms with van der Waals surface area (Å²) in [7, 11) is 0. The summed E-state index contributed by atoms with van der Waals surface area (Å²) in [5.41, 5.74) is 1.12. The summed E-state index contributed by atoms with van der Waals surface area (Å²) < 4.78 is 6.06. The first-order chi connectivity index (χ1) is 8.55. The Hall–Kier alpha value is -0.510. The molecule has 18 heavy (non-hydrogen) atoms. The molecule has 0 aliphatic carbocycles. The maximum absolute atomic E-state index is 6.06. The highest BCUT2D eigenvalue weighted by atomic mass is 32.2. The predicted octanol–water partition coefficient (Wildman–Crippen LogP) is 3.36. The maximum atomic E-state index is 6.06. The lowest BCUT2D eigenvalue weighted by atomic mass is 9.93. The minimum Gasteiger partial charge on any atom is -0.368 e. The lowest BCUT2D eigenvalue weighted by molar-refractivity contribution is -0.110. The molecule has 0 aromatic heterocycles. The number of hydrogen-bond donors (Lipinski definition) is 0. The monoisotopic (exact) mass is 265 g/mol. The van der Waals surface area contributed by atoms with Crippen molar-refractivity contribution >= 4 is 11.8 Å². The average molecular weight is 265 g/mol. The van der Waals surface area contributed by atoms with E-state index in [1.165, 1.54) is 10.5 Å². The van der Waals surface area contributed by atoms with E-state index in [-0.39, 0.29) is 5.60 Å². The smallest absolute Gasteiger partial charge is 0.103 e. The third kappa shape index (κ3) is 2.90. The third-order valence-electron chi connectivity index (χ3n) is 3.73. The summed E-state index contributed by atoms with van der Waals surface area (Å²) >= 11 is 1.78. The Labute approximate surface area is 115 Å². The van der Waals surface area contributed by atoms with E-state index in [4.69, 9.17) is 4.74 Å². The first-order valence-electron chi connectivity index (χ1n) is 6.58. The fourth-order valence-electron chi connectivity index (χ4n) is 2.46. The molecule has 1 saturated heterocycles. The van der Waals surface area contributed by atoms with Gasteiger partial charge in [-0.1, -0.05) is 12.1 Å². The fraction of sp³-hybridized carbons (Fsp3) is 0.600. The number of morpholine rings is 1. The van der Waals surface area contributed by atoms with Crippen molar-refractivity contribution in [2.45, 2.75) is 37.3 Å². The molecule has 3 heteroatoms. The Balaban J connectivity index is 2.18. The molecule has 0 amide bonds.